The van der Waals surface area contributed by atoms with Gasteiger partial charge in [-0.2, -0.15) is 0 Å². The van der Waals surface area contributed by atoms with E-state index in [0.29, 0.717) is 18.4 Å². The zero-order chi connectivity index (χ0) is 24.8. The van der Waals surface area contributed by atoms with Gasteiger partial charge in [-0.05, 0) is 46.9 Å². The second-order valence-corrected chi connectivity index (χ2v) is 9.72. The van der Waals surface area contributed by atoms with Gasteiger partial charge in [0, 0.05) is 18.9 Å². The number of rotatable bonds is 9. The molecule has 2 aromatic carbocycles. The molecular weight excluding hydrogens is 444 g/mol. The second-order valence-electron chi connectivity index (χ2n) is 9.72. The van der Waals surface area contributed by atoms with Crippen LogP contribution in [-0.2, 0) is 14.3 Å². The lowest BCUT2D eigenvalue weighted by molar-refractivity contribution is -0.137. The quantitative estimate of drug-likeness (QED) is 0.485. The van der Waals surface area contributed by atoms with Crippen LogP contribution in [0.4, 0.5) is 4.79 Å². The van der Waals surface area contributed by atoms with Crippen molar-refractivity contribution in [2.75, 3.05) is 13.2 Å². The monoisotopic (exact) mass is 478 g/mol. The Morgan fingerprint density at radius 3 is 2.26 bits per heavy atom. The highest BCUT2D eigenvalue weighted by atomic mass is 16.5. The Hall–Kier alpha value is -3.35. The van der Waals surface area contributed by atoms with Crippen LogP contribution in [0.5, 0.6) is 0 Å². The molecule has 3 N–H and O–H groups in total. The van der Waals surface area contributed by atoms with Gasteiger partial charge in [0.25, 0.3) is 0 Å². The van der Waals surface area contributed by atoms with Crippen LogP contribution in [0.25, 0.3) is 11.1 Å². The first-order valence-electron chi connectivity index (χ1n) is 12.5. The lowest BCUT2D eigenvalue weighted by Gasteiger charge is -2.29. The fourth-order valence-corrected chi connectivity index (χ4v) is 5.37. The van der Waals surface area contributed by atoms with Crippen molar-refractivity contribution < 1.29 is 24.2 Å². The molecule has 4 rings (SSSR count). The molecule has 0 saturated heterocycles. The number of nitrogens with one attached hydrogen (secondary N) is 2. The molecular formula is C28H34N2O5. The number of carboxylic acids is 1. The molecule has 2 aromatic rings. The maximum Gasteiger partial charge on any atom is 0.407 e. The number of carbonyl (C=O) groups is 3. The normalized spacial score (nSPS) is 19.8. The molecule has 0 heterocycles. The van der Waals surface area contributed by atoms with E-state index in [9.17, 15) is 14.4 Å². The molecule has 35 heavy (non-hydrogen) atoms. The van der Waals surface area contributed by atoms with Crippen molar-refractivity contribution in [1.82, 2.24) is 10.6 Å². The minimum absolute atomic E-state index is 0.00554. The Morgan fingerprint density at radius 2 is 1.63 bits per heavy atom. The highest BCUT2D eigenvalue weighted by Crippen LogP contribution is 2.44. The van der Waals surface area contributed by atoms with Crippen molar-refractivity contribution in [1.29, 1.82) is 0 Å². The Morgan fingerprint density at radius 1 is 1.00 bits per heavy atom. The van der Waals surface area contributed by atoms with Gasteiger partial charge in [0.1, 0.15) is 12.6 Å². The van der Waals surface area contributed by atoms with Gasteiger partial charge >= 0.3 is 12.1 Å². The summed E-state index contributed by atoms with van der Waals surface area (Å²) in [5.74, 6) is -0.526. The molecule has 0 aliphatic heterocycles. The van der Waals surface area contributed by atoms with Crippen molar-refractivity contribution in [3.05, 3.63) is 59.7 Å². The van der Waals surface area contributed by atoms with Crippen molar-refractivity contribution in [2.45, 2.75) is 57.4 Å². The third-order valence-electron chi connectivity index (χ3n) is 7.43. The van der Waals surface area contributed by atoms with E-state index in [-0.39, 0.29) is 31.3 Å². The van der Waals surface area contributed by atoms with Gasteiger partial charge in [-0.1, -0.05) is 74.7 Å². The van der Waals surface area contributed by atoms with Gasteiger partial charge in [-0.25, -0.2) is 4.79 Å². The highest BCUT2D eigenvalue weighted by molar-refractivity contribution is 5.86. The molecule has 186 valence electrons. The van der Waals surface area contributed by atoms with Crippen molar-refractivity contribution in [3.63, 3.8) is 0 Å². The van der Waals surface area contributed by atoms with E-state index in [1.165, 1.54) is 6.42 Å². The molecule has 2 amide bonds. The summed E-state index contributed by atoms with van der Waals surface area (Å²) in [7, 11) is 0. The van der Waals surface area contributed by atoms with E-state index >= 15 is 0 Å². The molecule has 3 unspecified atom stereocenters. The standard InChI is InChI=1S/C28H34N2O5/c1-18-8-2-3-9-19(18)16-29-27(33)25(14-15-26(31)32)30-28(34)35-17-24-22-12-6-4-10-20(22)21-11-5-7-13-23(21)24/h4-7,10-13,18-19,24-25H,2-3,8-9,14-17H2,1H3,(H,29,33)(H,30,34)(H,31,32). The van der Waals surface area contributed by atoms with Crippen LogP contribution in [0, 0.1) is 11.8 Å². The Labute approximate surface area is 206 Å². The van der Waals surface area contributed by atoms with Gasteiger partial charge in [0.2, 0.25) is 5.91 Å². The molecule has 1 fully saturated rings. The number of carboxylic acid groups (broad SMARTS) is 1. The number of ether oxygens (including phenoxy) is 1. The molecule has 0 aromatic heterocycles. The van der Waals surface area contributed by atoms with Crippen LogP contribution in [-0.4, -0.2) is 42.3 Å². The number of carbonyl (C=O) groups excluding carboxylic acids is 2. The number of hydrogen-bond acceptors (Lipinski definition) is 4. The van der Waals surface area contributed by atoms with Crippen LogP contribution in [0.3, 0.4) is 0 Å². The van der Waals surface area contributed by atoms with E-state index in [2.05, 4.69) is 29.7 Å². The zero-order valence-corrected chi connectivity index (χ0v) is 20.2. The summed E-state index contributed by atoms with van der Waals surface area (Å²) in [6.45, 7) is 2.87. The van der Waals surface area contributed by atoms with E-state index < -0.39 is 18.1 Å². The van der Waals surface area contributed by atoms with Gasteiger partial charge in [0.15, 0.2) is 0 Å². The summed E-state index contributed by atoms with van der Waals surface area (Å²) in [5, 5.41) is 14.6. The summed E-state index contributed by atoms with van der Waals surface area (Å²) < 4.78 is 5.56. The first-order valence-corrected chi connectivity index (χ1v) is 12.5. The van der Waals surface area contributed by atoms with Gasteiger partial charge < -0.3 is 20.5 Å². The van der Waals surface area contributed by atoms with Crippen LogP contribution >= 0.6 is 0 Å². The third kappa shape index (κ3) is 6.02. The molecule has 3 atom stereocenters. The SMILES string of the molecule is CC1CCCCC1CNC(=O)C(CCC(=O)O)NC(=O)OCC1c2ccccc2-c2ccccc21. The van der Waals surface area contributed by atoms with E-state index in [0.717, 1.165) is 41.5 Å². The van der Waals surface area contributed by atoms with E-state index in [4.69, 9.17) is 9.84 Å². The predicted octanol–water partition coefficient (Wildman–Crippen LogP) is 4.70. The fourth-order valence-electron chi connectivity index (χ4n) is 5.37. The van der Waals surface area contributed by atoms with Crippen LogP contribution in [0.15, 0.2) is 48.5 Å². The number of alkyl carbamates (subject to hydrolysis) is 1. The third-order valence-corrected chi connectivity index (χ3v) is 7.43. The Balaban J connectivity index is 1.36. The molecule has 1 saturated carbocycles. The van der Waals surface area contributed by atoms with Gasteiger partial charge in [-0.3, -0.25) is 9.59 Å². The minimum Gasteiger partial charge on any atom is -0.481 e. The van der Waals surface area contributed by atoms with Crippen molar-refractivity contribution in [3.8, 4) is 11.1 Å². The molecule has 2 aliphatic carbocycles. The average Bonchev–Trinajstić information content (AvgIpc) is 3.18. The molecule has 2 aliphatic rings. The van der Waals surface area contributed by atoms with Crippen LogP contribution in [0.1, 0.15) is 62.5 Å². The minimum atomic E-state index is -1.02. The van der Waals surface area contributed by atoms with Gasteiger partial charge in [-0.15, -0.1) is 0 Å². The van der Waals surface area contributed by atoms with E-state index in [1.54, 1.807) is 0 Å². The number of aliphatic carboxylic acids is 1. The second kappa shape index (κ2) is 11.4. The predicted molar refractivity (Wildman–Crippen MR) is 133 cm³/mol. The smallest absolute Gasteiger partial charge is 0.407 e. The molecule has 0 radical (unpaired) electrons. The summed E-state index contributed by atoms with van der Waals surface area (Å²) in [6, 6.07) is 15.2. The Bertz CT molecular complexity index is 1020. The average molecular weight is 479 g/mol. The Kier molecular flexibility index (Phi) is 8.06. The summed E-state index contributed by atoms with van der Waals surface area (Å²) in [5.41, 5.74) is 4.46. The molecule has 0 spiro atoms. The number of amides is 2. The lowest BCUT2D eigenvalue weighted by Crippen LogP contribution is -2.48. The maximum absolute atomic E-state index is 12.9. The summed E-state index contributed by atoms with van der Waals surface area (Å²) >= 11 is 0. The molecule has 7 nitrogen and oxygen atoms in total. The van der Waals surface area contributed by atoms with Crippen molar-refractivity contribution in [2.24, 2.45) is 11.8 Å². The van der Waals surface area contributed by atoms with Gasteiger partial charge in [0.05, 0.1) is 0 Å². The van der Waals surface area contributed by atoms with Crippen LogP contribution < -0.4 is 10.6 Å². The number of hydrogen-bond donors (Lipinski definition) is 3. The summed E-state index contributed by atoms with van der Waals surface area (Å²) in [6.07, 6.45) is 3.67. The number of benzene rings is 2. The largest absolute Gasteiger partial charge is 0.481 e. The van der Waals surface area contributed by atoms with Crippen molar-refractivity contribution >= 4 is 18.0 Å². The number of fused-ring (bicyclic) bond motifs is 3. The zero-order valence-electron chi connectivity index (χ0n) is 20.2. The summed E-state index contributed by atoms with van der Waals surface area (Å²) in [4.78, 5) is 36.7. The molecule has 0 bridgehead atoms. The maximum atomic E-state index is 12.9. The fraction of sp³-hybridized carbons (Fsp3) is 0.464. The topological polar surface area (TPSA) is 105 Å². The highest BCUT2D eigenvalue weighted by Gasteiger charge is 2.30. The van der Waals surface area contributed by atoms with Crippen LogP contribution in [0.2, 0.25) is 0 Å². The first-order chi connectivity index (χ1) is 16.9. The first kappa shape index (κ1) is 24.8. The van der Waals surface area contributed by atoms with E-state index in [1.807, 2.05) is 36.4 Å². The molecule has 7 heteroatoms. The lowest BCUT2D eigenvalue weighted by atomic mass is 9.80.